The number of benzene rings is 2. The number of halogens is 1. The lowest BCUT2D eigenvalue weighted by Gasteiger charge is -2.24. The molecule has 1 amide bonds. The van der Waals surface area contributed by atoms with E-state index < -0.39 is 0 Å². The normalized spacial score (nSPS) is 12.3. The van der Waals surface area contributed by atoms with Crippen LogP contribution in [0.1, 0.15) is 24.1 Å². The summed E-state index contributed by atoms with van der Waals surface area (Å²) >= 11 is 3.47. The van der Waals surface area contributed by atoms with Crippen molar-refractivity contribution in [2.75, 3.05) is 7.05 Å². The molecule has 0 aliphatic heterocycles. The van der Waals surface area contributed by atoms with Crippen molar-refractivity contribution in [3.05, 3.63) is 76.3 Å². The van der Waals surface area contributed by atoms with Crippen molar-refractivity contribution in [1.82, 2.24) is 4.90 Å². The van der Waals surface area contributed by atoms with Gasteiger partial charge in [0.2, 0.25) is 5.91 Å². The van der Waals surface area contributed by atoms with Crippen LogP contribution < -0.4 is 0 Å². The Labute approximate surface area is 134 Å². The maximum absolute atomic E-state index is 12.3. The summed E-state index contributed by atoms with van der Waals surface area (Å²) in [5.74, 6) is -0.0119. The Morgan fingerprint density at radius 1 is 1.10 bits per heavy atom. The van der Waals surface area contributed by atoms with Gasteiger partial charge in [-0.2, -0.15) is 0 Å². The third kappa shape index (κ3) is 4.05. The molecule has 2 aromatic carbocycles. The van der Waals surface area contributed by atoms with Crippen LogP contribution in [0.3, 0.4) is 0 Å². The van der Waals surface area contributed by atoms with Crippen molar-refractivity contribution in [3.63, 3.8) is 0 Å². The summed E-state index contributed by atoms with van der Waals surface area (Å²) < 4.78 is 0.979. The van der Waals surface area contributed by atoms with Crippen LogP contribution in [0.2, 0.25) is 0 Å². The maximum Gasteiger partial charge on any atom is 0.246 e. The van der Waals surface area contributed by atoms with Gasteiger partial charge in [-0.15, -0.1) is 0 Å². The number of carbonyl (C=O) groups excluding carboxylic acids is 1. The number of nitrogens with zero attached hydrogens (tertiary/aromatic N) is 1. The third-order valence-electron chi connectivity index (χ3n) is 3.52. The van der Waals surface area contributed by atoms with E-state index in [1.54, 1.807) is 11.0 Å². The van der Waals surface area contributed by atoms with E-state index in [1.807, 2.05) is 74.6 Å². The fourth-order valence-corrected chi connectivity index (χ4v) is 2.45. The van der Waals surface area contributed by atoms with E-state index in [-0.39, 0.29) is 11.9 Å². The zero-order valence-corrected chi connectivity index (χ0v) is 13.7. The van der Waals surface area contributed by atoms with E-state index in [1.165, 1.54) is 0 Å². The van der Waals surface area contributed by atoms with Crippen LogP contribution in [-0.4, -0.2) is 17.9 Å². The van der Waals surface area contributed by atoms with Crippen molar-refractivity contribution in [2.45, 2.75) is 13.0 Å². The summed E-state index contributed by atoms with van der Waals surface area (Å²) in [6.07, 6.45) is 3.44. The predicted molar refractivity (Wildman–Crippen MR) is 90.8 cm³/mol. The number of amides is 1. The molecule has 2 aromatic rings. The van der Waals surface area contributed by atoms with Crippen LogP contribution >= 0.6 is 15.9 Å². The molecule has 0 saturated heterocycles. The van der Waals surface area contributed by atoms with Crippen LogP contribution in [0.25, 0.3) is 6.08 Å². The number of rotatable bonds is 4. The van der Waals surface area contributed by atoms with Crippen molar-refractivity contribution in [3.8, 4) is 0 Å². The van der Waals surface area contributed by atoms with Gasteiger partial charge in [0.15, 0.2) is 0 Å². The first-order valence-corrected chi connectivity index (χ1v) is 7.63. The summed E-state index contributed by atoms with van der Waals surface area (Å²) in [6, 6.07) is 17.9. The van der Waals surface area contributed by atoms with Gasteiger partial charge in [0.25, 0.3) is 0 Å². The molecule has 108 valence electrons. The topological polar surface area (TPSA) is 20.3 Å². The van der Waals surface area contributed by atoms with Gasteiger partial charge < -0.3 is 4.90 Å². The van der Waals surface area contributed by atoms with Crippen molar-refractivity contribution in [2.24, 2.45) is 0 Å². The Kier molecular flexibility index (Phi) is 5.34. The van der Waals surface area contributed by atoms with E-state index in [4.69, 9.17) is 0 Å². The minimum Gasteiger partial charge on any atom is -0.335 e. The minimum absolute atomic E-state index is 0.0119. The summed E-state index contributed by atoms with van der Waals surface area (Å²) in [5.41, 5.74) is 2.12. The van der Waals surface area contributed by atoms with Gasteiger partial charge in [-0.05, 0) is 30.2 Å². The summed E-state index contributed by atoms with van der Waals surface area (Å²) in [6.45, 7) is 2.03. The second-order valence-electron chi connectivity index (χ2n) is 4.89. The van der Waals surface area contributed by atoms with Gasteiger partial charge in [-0.25, -0.2) is 0 Å². The van der Waals surface area contributed by atoms with Gasteiger partial charge in [-0.3, -0.25) is 4.79 Å². The Balaban J connectivity index is 2.08. The Bertz CT molecular complexity index is 637. The molecular weight excluding hydrogens is 326 g/mol. The Morgan fingerprint density at radius 2 is 1.71 bits per heavy atom. The van der Waals surface area contributed by atoms with Gasteiger partial charge in [-0.1, -0.05) is 64.5 Å². The van der Waals surface area contributed by atoms with Gasteiger partial charge >= 0.3 is 0 Å². The molecule has 0 saturated carbocycles. The molecule has 0 spiro atoms. The number of hydrogen-bond acceptors (Lipinski definition) is 1. The average Bonchev–Trinajstić information content (AvgIpc) is 2.53. The van der Waals surface area contributed by atoms with Crippen molar-refractivity contribution in [1.29, 1.82) is 0 Å². The predicted octanol–water partition coefficient (Wildman–Crippen LogP) is 4.68. The smallest absolute Gasteiger partial charge is 0.246 e. The van der Waals surface area contributed by atoms with Crippen LogP contribution in [-0.2, 0) is 4.79 Å². The van der Waals surface area contributed by atoms with Crippen LogP contribution in [0.15, 0.2) is 65.1 Å². The molecule has 0 aromatic heterocycles. The number of hydrogen-bond donors (Lipinski definition) is 0. The highest BCUT2D eigenvalue weighted by atomic mass is 79.9. The molecular formula is C18H18BrNO. The van der Waals surface area contributed by atoms with Crippen molar-refractivity contribution >= 4 is 27.9 Å². The lowest BCUT2D eigenvalue weighted by atomic mass is 10.1. The third-order valence-corrected chi connectivity index (χ3v) is 4.24. The molecule has 0 bridgehead atoms. The van der Waals surface area contributed by atoms with E-state index in [0.717, 1.165) is 15.6 Å². The number of likely N-dealkylation sites (N-methyl/N-ethyl adjacent to an activating group) is 1. The monoisotopic (exact) mass is 343 g/mol. The van der Waals surface area contributed by atoms with E-state index in [2.05, 4.69) is 15.9 Å². The zero-order chi connectivity index (χ0) is 15.2. The quantitative estimate of drug-likeness (QED) is 0.738. The molecule has 21 heavy (non-hydrogen) atoms. The lowest BCUT2D eigenvalue weighted by molar-refractivity contribution is -0.126. The highest BCUT2D eigenvalue weighted by Gasteiger charge is 2.14. The molecule has 0 N–H and O–H groups in total. The maximum atomic E-state index is 12.3. The fourth-order valence-electron chi connectivity index (χ4n) is 2.03. The fraction of sp³-hybridized carbons (Fsp3) is 0.167. The van der Waals surface area contributed by atoms with E-state index in [0.29, 0.717) is 0 Å². The van der Waals surface area contributed by atoms with Gasteiger partial charge in [0.1, 0.15) is 0 Å². The summed E-state index contributed by atoms with van der Waals surface area (Å²) in [7, 11) is 1.82. The second kappa shape index (κ2) is 7.23. The summed E-state index contributed by atoms with van der Waals surface area (Å²) in [5, 5.41) is 0. The molecule has 0 aliphatic carbocycles. The molecule has 0 heterocycles. The average molecular weight is 344 g/mol. The molecule has 2 nitrogen and oxygen atoms in total. The summed E-state index contributed by atoms with van der Waals surface area (Å²) in [4.78, 5) is 14.0. The molecule has 0 unspecified atom stereocenters. The largest absolute Gasteiger partial charge is 0.335 e. The zero-order valence-electron chi connectivity index (χ0n) is 12.2. The number of carbonyl (C=O) groups is 1. The van der Waals surface area contributed by atoms with Gasteiger partial charge in [0, 0.05) is 17.6 Å². The SMILES string of the molecule is C[C@H](c1ccccc1)N(C)C(=O)/C=C/c1ccccc1Br. The van der Waals surface area contributed by atoms with Crippen molar-refractivity contribution < 1.29 is 4.79 Å². The minimum atomic E-state index is -0.0119. The molecule has 1 atom stereocenters. The molecule has 3 heteroatoms. The lowest BCUT2D eigenvalue weighted by Crippen LogP contribution is -2.27. The first-order valence-electron chi connectivity index (χ1n) is 6.84. The van der Waals surface area contributed by atoms with Crippen LogP contribution in [0.4, 0.5) is 0 Å². The van der Waals surface area contributed by atoms with Crippen LogP contribution in [0.5, 0.6) is 0 Å². The standard InChI is InChI=1S/C18H18BrNO/c1-14(15-8-4-3-5-9-15)20(2)18(21)13-12-16-10-6-7-11-17(16)19/h3-14H,1-2H3/b13-12+/t14-/m1/s1. The first-order chi connectivity index (χ1) is 10.1. The van der Waals surface area contributed by atoms with E-state index >= 15 is 0 Å². The van der Waals surface area contributed by atoms with Gasteiger partial charge in [0.05, 0.1) is 6.04 Å². The molecule has 0 aliphatic rings. The highest BCUT2D eigenvalue weighted by molar-refractivity contribution is 9.10. The van der Waals surface area contributed by atoms with E-state index in [9.17, 15) is 4.79 Å². The molecule has 0 fully saturated rings. The molecule has 2 rings (SSSR count). The van der Waals surface area contributed by atoms with Crippen LogP contribution in [0, 0.1) is 0 Å². The highest BCUT2D eigenvalue weighted by Crippen LogP contribution is 2.20. The Hall–Kier alpha value is -1.87. The Morgan fingerprint density at radius 3 is 2.38 bits per heavy atom. The second-order valence-corrected chi connectivity index (χ2v) is 5.74. The first kappa shape index (κ1) is 15.5. The molecule has 0 radical (unpaired) electrons.